The molecule has 0 unspecified atom stereocenters. The molecule has 20 heavy (non-hydrogen) atoms. The number of amides is 1. The largest absolute Gasteiger partial charge is 0.486 e. The van der Waals surface area contributed by atoms with E-state index in [1.807, 2.05) is 12.1 Å². The van der Waals surface area contributed by atoms with Gasteiger partial charge in [0.1, 0.15) is 13.2 Å². The van der Waals surface area contributed by atoms with E-state index in [1.165, 1.54) is 0 Å². The number of carbonyl (C=O) groups is 1. The van der Waals surface area contributed by atoms with Gasteiger partial charge in [0.25, 0.3) is 5.91 Å². The van der Waals surface area contributed by atoms with E-state index in [0.717, 1.165) is 5.56 Å². The summed E-state index contributed by atoms with van der Waals surface area (Å²) < 4.78 is 10.9. The molecule has 3 rings (SSSR count). The van der Waals surface area contributed by atoms with Crippen LogP contribution < -0.4 is 14.8 Å². The zero-order valence-electron chi connectivity index (χ0n) is 10.8. The van der Waals surface area contributed by atoms with Crippen LogP contribution in [0.1, 0.15) is 15.9 Å². The monoisotopic (exact) mass is 270 g/mol. The summed E-state index contributed by atoms with van der Waals surface area (Å²) in [5, 5.41) is 2.86. The molecule has 1 aliphatic heterocycles. The SMILES string of the molecule is O=C(NCc1ccncc1)c1ccc2c(c1)OCCO2. The highest BCUT2D eigenvalue weighted by Gasteiger charge is 2.14. The van der Waals surface area contributed by atoms with E-state index in [-0.39, 0.29) is 5.91 Å². The third-order valence-electron chi connectivity index (χ3n) is 3.01. The minimum absolute atomic E-state index is 0.140. The maximum Gasteiger partial charge on any atom is 0.251 e. The van der Waals surface area contributed by atoms with Crippen molar-refractivity contribution >= 4 is 5.91 Å². The lowest BCUT2D eigenvalue weighted by molar-refractivity contribution is 0.0949. The Morgan fingerprint density at radius 3 is 2.65 bits per heavy atom. The molecule has 0 spiro atoms. The average molecular weight is 270 g/mol. The molecular formula is C15H14N2O3. The van der Waals surface area contributed by atoms with Gasteiger partial charge in [-0.05, 0) is 35.9 Å². The highest BCUT2D eigenvalue weighted by Crippen LogP contribution is 2.30. The van der Waals surface area contributed by atoms with Gasteiger partial charge in [0.05, 0.1) is 0 Å². The van der Waals surface area contributed by atoms with E-state index < -0.39 is 0 Å². The van der Waals surface area contributed by atoms with Gasteiger partial charge >= 0.3 is 0 Å². The van der Waals surface area contributed by atoms with Crippen LogP contribution in [-0.4, -0.2) is 24.1 Å². The first-order chi connectivity index (χ1) is 9.83. The number of benzene rings is 1. The number of pyridine rings is 1. The Morgan fingerprint density at radius 1 is 1.10 bits per heavy atom. The van der Waals surface area contributed by atoms with Gasteiger partial charge in [-0.25, -0.2) is 0 Å². The Morgan fingerprint density at radius 2 is 1.85 bits per heavy atom. The van der Waals surface area contributed by atoms with E-state index in [1.54, 1.807) is 30.6 Å². The number of nitrogens with one attached hydrogen (secondary N) is 1. The van der Waals surface area contributed by atoms with Crippen LogP contribution in [0, 0.1) is 0 Å². The van der Waals surface area contributed by atoms with Crippen LogP contribution in [0.25, 0.3) is 0 Å². The lowest BCUT2D eigenvalue weighted by atomic mass is 10.1. The van der Waals surface area contributed by atoms with Gasteiger partial charge in [-0.15, -0.1) is 0 Å². The zero-order chi connectivity index (χ0) is 13.8. The fourth-order valence-electron chi connectivity index (χ4n) is 1.97. The normalized spacial score (nSPS) is 12.8. The van der Waals surface area contributed by atoms with Crippen molar-refractivity contribution in [2.45, 2.75) is 6.54 Å². The zero-order valence-corrected chi connectivity index (χ0v) is 10.8. The standard InChI is InChI=1S/C15H14N2O3/c18-15(17-10-11-3-5-16-6-4-11)12-1-2-13-14(9-12)20-8-7-19-13/h1-6,9H,7-8,10H2,(H,17,18). The molecule has 1 aliphatic rings. The molecule has 5 heteroatoms. The summed E-state index contributed by atoms with van der Waals surface area (Å²) in [6.07, 6.45) is 3.40. The van der Waals surface area contributed by atoms with Gasteiger partial charge in [-0.1, -0.05) is 0 Å². The fraction of sp³-hybridized carbons (Fsp3) is 0.200. The molecule has 1 N–H and O–H groups in total. The average Bonchev–Trinajstić information content (AvgIpc) is 2.53. The van der Waals surface area contributed by atoms with Crippen LogP contribution in [0.2, 0.25) is 0 Å². The Kier molecular flexibility index (Phi) is 3.50. The van der Waals surface area contributed by atoms with E-state index in [2.05, 4.69) is 10.3 Å². The van der Waals surface area contributed by atoms with Crippen molar-refractivity contribution in [3.05, 3.63) is 53.9 Å². The van der Waals surface area contributed by atoms with Crippen molar-refractivity contribution in [2.24, 2.45) is 0 Å². The van der Waals surface area contributed by atoms with Crippen LogP contribution >= 0.6 is 0 Å². The molecule has 102 valence electrons. The maximum atomic E-state index is 12.1. The number of fused-ring (bicyclic) bond motifs is 1. The fourth-order valence-corrected chi connectivity index (χ4v) is 1.97. The predicted molar refractivity (Wildman–Crippen MR) is 72.8 cm³/mol. The van der Waals surface area contributed by atoms with Crippen molar-refractivity contribution in [3.8, 4) is 11.5 Å². The lowest BCUT2D eigenvalue weighted by Crippen LogP contribution is -2.23. The smallest absolute Gasteiger partial charge is 0.251 e. The molecule has 0 fully saturated rings. The quantitative estimate of drug-likeness (QED) is 0.923. The number of ether oxygens (including phenoxy) is 2. The van der Waals surface area contributed by atoms with E-state index in [4.69, 9.17) is 9.47 Å². The second-order valence-electron chi connectivity index (χ2n) is 4.40. The second kappa shape index (κ2) is 5.61. The second-order valence-corrected chi connectivity index (χ2v) is 4.40. The molecule has 0 saturated carbocycles. The lowest BCUT2D eigenvalue weighted by Gasteiger charge is -2.18. The highest BCUT2D eigenvalue weighted by molar-refractivity contribution is 5.94. The van der Waals surface area contributed by atoms with Crippen molar-refractivity contribution in [2.75, 3.05) is 13.2 Å². The topological polar surface area (TPSA) is 60.5 Å². The molecule has 1 aromatic carbocycles. The summed E-state index contributed by atoms with van der Waals surface area (Å²) in [6.45, 7) is 1.52. The molecule has 0 radical (unpaired) electrons. The van der Waals surface area contributed by atoms with Gasteiger partial charge in [-0.2, -0.15) is 0 Å². The van der Waals surface area contributed by atoms with Crippen molar-refractivity contribution in [3.63, 3.8) is 0 Å². The summed E-state index contributed by atoms with van der Waals surface area (Å²) >= 11 is 0. The number of hydrogen-bond acceptors (Lipinski definition) is 4. The summed E-state index contributed by atoms with van der Waals surface area (Å²) in [7, 11) is 0. The van der Waals surface area contributed by atoms with Crippen molar-refractivity contribution in [1.29, 1.82) is 0 Å². The molecule has 5 nitrogen and oxygen atoms in total. The van der Waals surface area contributed by atoms with Gasteiger partial charge in [0.15, 0.2) is 11.5 Å². The molecule has 0 saturated heterocycles. The minimum Gasteiger partial charge on any atom is -0.486 e. The number of nitrogens with zero attached hydrogens (tertiary/aromatic N) is 1. The molecule has 2 aromatic rings. The van der Waals surface area contributed by atoms with E-state index in [0.29, 0.717) is 36.8 Å². The Hall–Kier alpha value is -2.56. The molecule has 2 heterocycles. The van der Waals surface area contributed by atoms with Crippen LogP contribution in [0.3, 0.4) is 0 Å². The van der Waals surface area contributed by atoms with Gasteiger partial charge < -0.3 is 14.8 Å². The van der Waals surface area contributed by atoms with Crippen LogP contribution in [0.5, 0.6) is 11.5 Å². The molecular weight excluding hydrogens is 256 g/mol. The number of rotatable bonds is 3. The van der Waals surface area contributed by atoms with Gasteiger partial charge in [0.2, 0.25) is 0 Å². The Balaban J connectivity index is 1.68. The predicted octanol–water partition coefficient (Wildman–Crippen LogP) is 1.78. The Labute approximate surface area is 116 Å². The van der Waals surface area contributed by atoms with Crippen LogP contribution in [0.4, 0.5) is 0 Å². The third kappa shape index (κ3) is 2.71. The maximum absolute atomic E-state index is 12.1. The van der Waals surface area contributed by atoms with E-state index >= 15 is 0 Å². The Bertz CT molecular complexity index is 614. The molecule has 1 aromatic heterocycles. The first-order valence-electron chi connectivity index (χ1n) is 6.40. The molecule has 0 bridgehead atoms. The summed E-state index contributed by atoms with van der Waals surface area (Å²) in [6, 6.07) is 8.93. The first kappa shape index (κ1) is 12.5. The number of hydrogen-bond donors (Lipinski definition) is 1. The summed E-state index contributed by atoms with van der Waals surface area (Å²) in [4.78, 5) is 16.0. The van der Waals surface area contributed by atoms with E-state index in [9.17, 15) is 4.79 Å². The third-order valence-corrected chi connectivity index (χ3v) is 3.01. The minimum atomic E-state index is -0.140. The highest BCUT2D eigenvalue weighted by atomic mass is 16.6. The first-order valence-corrected chi connectivity index (χ1v) is 6.40. The van der Waals surface area contributed by atoms with Gasteiger partial charge in [-0.3, -0.25) is 9.78 Å². The summed E-state index contributed by atoms with van der Waals surface area (Å²) in [5.74, 6) is 1.16. The van der Waals surface area contributed by atoms with Crippen LogP contribution in [0.15, 0.2) is 42.7 Å². The van der Waals surface area contributed by atoms with Gasteiger partial charge in [0, 0.05) is 24.5 Å². The van der Waals surface area contributed by atoms with Crippen LogP contribution in [-0.2, 0) is 6.54 Å². The molecule has 1 amide bonds. The molecule has 0 atom stereocenters. The number of carbonyl (C=O) groups excluding carboxylic acids is 1. The van der Waals surface area contributed by atoms with Crippen molar-refractivity contribution in [1.82, 2.24) is 10.3 Å². The molecule has 0 aliphatic carbocycles. The number of aromatic nitrogens is 1. The van der Waals surface area contributed by atoms with Crippen molar-refractivity contribution < 1.29 is 14.3 Å². The summed E-state index contributed by atoms with van der Waals surface area (Å²) in [5.41, 5.74) is 1.56.